The van der Waals surface area contributed by atoms with Gasteiger partial charge in [0.2, 0.25) is 9.05 Å². The second kappa shape index (κ2) is 21.4. The van der Waals surface area contributed by atoms with Gasteiger partial charge in [0.1, 0.15) is 0 Å². The van der Waals surface area contributed by atoms with Crippen molar-refractivity contribution in [2.75, 3.05) is 0 Å². The molecule has 1 aromatic carbocycles. The Morgan fingerprint density at radius 1 is 0.583 bits per heavy atom. The molecule has 0 bridgehead atoms. The van der Waals surface area contributed by atoms with Crippen LogP contribution in [0.2, 0.25) is 0 Å². The molecule has 0 aromatic heterocycles. The third kappa shape index (κ3) is 18.7. The summed E-state index contributed by atoms with van der Waals surface area (Å²) in [6.07, 6.45) is 30.4. The highest BCUT2D eigenvalue weighted by Crippen LogP contribution is 2.22. The van der Waals surface area contributed by atoms with E-state index in [0.29, 0.717) is 0 Å². The first kappa shape index (κ1) is 33.5. The Bertz CT molecular complexity index is 773. The molecule has 0 unspecified atom stereocenters. The van der Waals surface area contributed by atoms with Crippen molar-refractivity contribution in [3.05, 3.63) is 34.4 Å². The standard InChI is InChI=1S/C32H57ClO2S/c1-4-5-6-7-8-9-10-11-12-13-14-15-16-17-18-19-20-21-22-23-24-25-31-26-29(2)30(3)32(27-31)28-36(33,34)35/h26-27H,4-25,28H2,1-3H3. The summed E-state index contributed by atoms with van der Waals surface area (Å²) in [6, 6.07) is 4.24. The molecular formula is C32H57ClO2S. The number of hydrogen-bond acceptors (Lipinski definition) is 2. The predicted octanol–water partition coefficient (Wildman–Crippen LogP) is 11.1. The minimum atomic E-state index is -3.52. The van der Waals surface area contributed by atoms with Gasteiger partial charge < -0.3 is 0 Å². The first-order chi connectivity index (χ1) is 17.3. The molecule has 0 aliphatic carbocycles. The zero-order valence-corrected chi connectivity index (χ0v) is 25.6. The van der Waals surface area contributed by atoms with Crippen molar-refractivity contribution in [3.63, 3.8) is 0 Å². The van der Waals surface area contributed by atoms with E-state index in [1.807, 2.05) is 13.0 Å². The van der Waals surface area contributed by atoms with Crippen molar-refractivity contribution in [2.45, 2.75) is 168 Å². The van der Waals surface area contributed by atoms with Gasteiger partial charge in [-0.2, -0.15) is 0 Å². The van der Waals surface area contributed by atoms with E-state index >= 15 is 0 Å². The average molecular weight is 541 g/mol. The van der Waals surface area contributed by atoms with Crippen LogP contribution < -0.4 is 0 Å². The van der Waals surface area contributed by atoms with Gasteiger partial charge in [0, 0.05) is 10.7 Å². The Balaban J connectivity index is 1.90. The number of unbranched alkanes of at least 4 members (excludes halogenated alkanes) is 20. The van der Waals surface area contributed by atoms with Crippen molar-refractivity contribution in [1.29, 1.82) is 0 Å². The summed E-state index contributed by atoms with van der Waals surface area (Å²) in [5, 5.41) is 0. The predicted molar refractivity (Wildman–Crippen MR) is 161 cm³/mol. The van der Waals surface area contributed by atoms with Gasteiger partial charge in [-0.3, -0.25) is 0 Å². The normalized spacial score (nSPS) is 11.9. The smallest absolute Gasteiger partial charge is 0.212 e. The molecule has 4 heteroatoms. The number of rotatable bonds is 24. The van der Waals surface area contributed by atoms with Crippen molar-refractivity contribution in [2.24, 2.45) is 0 Å². The van der Waals surface area contributed by atoms with Gasteiger partial charge in [0.05, 0.1) is 5.75 Å². The third-order valence-electron chi connectivity index (χ3n) is 7.73. The second-order valence-electron chi connectivity index (χ2n) is 11.2. The zero-order valence-electron chi connectivity index (χ0n) is 24.0. The van der Waals surface area contributed by atoms with E-state index in [1.54, 1.807) is 0 Å². The highest BCUT2D eigenvalue weighted by molar-refractivity contribution is 8.13. The lowest BCUT2D eigenvalue weighted by Crippen LogP contribution is -2.01. The van der Waals surface area contributed by atoms with E-state index < -0.39 is 9.05 Å². The van der Waals surface area contributed by atoms with Crippen molar-refractivity contribution in [3.8, 4) is 0 Å². The minimum Gasteiger partial charge on any atom is -0.212 e. The van der Waals surface area contributed by atoms with Crippen LogP contribution in [-0.2, 0) is 21.2 Å². The number of aryl methyl sites for hydroxylation is 2. The molecule has 1 rings (SSSR count). The Kier molecular flexibility index (Phi) is 19.9. The topological polar surface area (TPSA) is 34.1 Å². The summed E-state index contributed by atoms with van der Waals surface area (Å²) in [5.41, 5.74) is 4.29. The Labute approximate surface area is 229 Å². The van der Waals surface area contributed by atoms with Crippen LogP contribution in [0.15, 0.2) is 12.1 Å². The fraction of sp³-hybridized carbons (Fsp3) is 0.812. The number of benzene rings is 1. The number of halogens is 1. The van der Waals surface area contributed by atoms with E-state index in [-0.39, 0.29) is 5.75 Å². The second-order valence-corrected chi connectivity index (χ2v) is 14.0. The third-order valence-corrected chi connectivity index (χ3v) is 8.71. The summed E-state index contributed by atoms with van der Waals surface area (Å²) < 4.78 is 23.0. The van der Waals surface area contributed by atoms with Gasteiger partial charge in [-0.25, -0.2) is 8.42 Å². The quantitative estimate of drug-likeness (QED) is 0.0964. The van der Waals surface area contributed by atoms with Crippen LogP contribution in [0.25, 0.3) is 0 Å². The summed E-state index contributed by atoms with van der Waals surface area (Å²) in [4.78, 5) is 0. The SMILES string of the molecule is CCCCCCCCCCCCCCCCCCCCCCCc1cc(C)c(C)c(CS(=O)(=O)Cl)c1. The molecule has 0 amide bonds. The van der Waals surface area contributed by atoms with Gasteiger partial charge in [0.25, 0.3) is 0 Å². The summed E-state index contributed by atoms with van der Waals surface area (Å²) in [7, 11) is 1.97. The van der Waals surface area contributed by atoms with Crippen LogP contribution in [0.1, 0.15) is 164 Å². The van der Waals surface area contributed by atoms with Gasteiger partial charge in [-0.1, -0.05) is 147 Å². The maximum absolute atomic E-state index is 11.5. The van der Waals surface area contributed by atoms with Gasteiger partial charge in [0.15, 0.2) is 0 Å². The van der Waals surface area contributed by atoms with Crippen molar-refractivity contribution < 1.29 is 8.42 Å². The van der Waals surface area contributed by atoms with Crippen LogP contribution in [0, 0.1) is 13.8 Å². The molecule has 2 nitrogen and oxygen atoms in total. The number of hydrogen-bond donors (Lipinski definition) is 0. The van der Waals surface area contributed by atoms with Crippen LogP contribution >= 0.6 is 10.7 Å². The molecule has 0 saturated heterocycles. The fourth-order valence-electron chi connectivity index (χ4n) is 5.25. The van der Waals surface area contributed by atoms with Crippen LogP contribution in [0.5, 0.6) is 0 Å². The highest BCUT2D eigenvalue weighted by Gasteiger charge is 2.12. The maximum Gasteiger partial charge on any atom is 0.236 e. The molecular weight excluding hydrogens is 484 g/mol. The molecule has 0 aliphatic rings. The van der Waals surface area contributed by atoms with E-state index in [2.05, 4.69) is 19.9 Å². The van der Waals surface area contributed by atoms with Gasteiger partial charge in [-0.15, -0.1) is 0 Å². The van der Waals surface area contributed by atoms with E-state index in [1.165, 1.54) is 140 Å². The van der Waals surface area contributed by atoms with E-state index in [4.69, 9.17) is 10.7 Å². The molecule has 0 saturated carbocycles. The first-order valence-electron chi connectivity index (χ1n) is 15.3. The lowest BCUT2D eigenvalue weighted by atomic mass is 9.97. The Morgan fingerprint density at radius 3 is 1.31 bits per heavy atom. The van der Waals surface area contributed by atoms with Crippen LogP contribution in [0.4, 0.5) is 0 Å². The molecule has 0 radical (unpaired) electrons. The molecule has 0 spiro atoms. The van der Waals surface area contributed by atoms with E-state index in [9.17, 15) is 8.42 Å². The molecule has 0 heterocycles. The molecule has 0 fully saturated rings. The van der Waals surface area contributed by atoms with Crippen molar-refractivity contribution in [1.82, 2.24) is 0 Å². The molecule has 210 valence electrons. The lowest BCUT2D eigenvalue weighted by molar-refractivity contribution is 0.520. The average Bonchev–Trinajstić information content (AvgIpc) is 2.82. The lowest BCUT2D eigenvalue weighted by Gasteiger charge is -2.11. The monoisotopic (exact) mass is 540 g/mol. The summed E-state index contributed by atoms with van der Waals surface area (Å²) in [5.74, 6) is -0.0750. The largest absolute Gasteiger partial charge is 0.236 e. The maximum atomic E-state index is 11.5. The first-order valence-corrected chi connectivity index (χ1v) is 17.8. The fourth-order valence-corrected chi connectivity index (χ4v) is 6.28. The van der Waals surface area contributed by atoms with E-state index in [0.717, 1.165) is 23.1 Å². The molecule has 36 heavy (non-hydrogen) atoms. The van der Waals surface area contributed by atoms with Gasteiger partial charge in [-0.05, 0) is 48.9 Å². The molecule has 0 aliphatic heterocycles. The van der Waals surface area contributed by atoms with Crippen molar-refractivity contribution >= 4 is 19.7 Å². The summed E-state index contributed by atoms with van der Waals surface area (Å²) >= 11 is 0. The van der Waals surface area contributed by atoms with Crippen LogP contribution in [0.3, 0.4) is 0 Å². The Hall–Kier alpha value is -0.540. The highest BCUT2D eigenvalue weighted by atomic mass is 35.7. The zero-order chi connectivity index (χ0) is 26.5. The summed E-state index contributed by atoms with van der Waals surface area (Å²) in [6.45, 7) is 6.33. The van der Waals surface area contributed by atoms with Gasteiger partial charge >= 0.3 is 0 Å². The minimum absolute atomic E-state index is 0.0750. The molecule has 0 atom stereocenters. The molecule has 1 aromatic rings. The van der Waals surface area contributed by atoms with Crippen LogP contribution in [-0.4, -0.2) is 8.42 Å². The molecule has 0 N–H and O–H groups in total. The Morgan fingerprint density at radius 2 is 0.944 bits per heavy atom.